The number of piperidine rings is 1. The van der Waals surface area contributed by atoms with E-state index in [1.807, 2.05) is 44.7 Å². The molecule has 7 nitrogen and oxygen atoms in total. The first-order valence-electron chi connectivity index (χ1n) is 9.40. The van der Waals surface area contributed by atoms with Gasteiger partial charge in [-0.1, -0.05) is 0 Å². The maximum absolute atomic E-state index is 12.3. The van der Waals surface area contributed by atoms with Gasteiger partial charge in [-0.05, 0) is 58.6 Å². The van der Waals surface area contributed by atoms with E-state index in [4.69, 9.17) is 9.15 Å². The summed E-state index contributed by atoms with van der Waals surface area (Å²) in [5.74, 6) is 1.97. The molecule has 2 heterocycles. The summed E-state index contributed by atoms with van der Waals surface area (Å²) in [5.41, 5.74) is -0.459. The van der Waals surface area contributed by atoms with Crippen molar-refractivity contribution in [1.82, 2.24) is 15.5 Å². The Morgan fingerprint density at radius 2 is 2.23 bits per heavy atom. The Hall–Kier alpha value is -2.18. The van der Waals surface area contributed by atoms with Crippen molar-refractivity contribution < 1.29 is 13.9 Å². The first-order valence-corrected chi connectivity index (χ1v) is 9.40. The van der Waals surface area contributed by atoms with E-state index in [1.165, 1.54) is 0 Å². The number of nitrogens with one attached hydrogen (secondary N) is 2. The largest absolute Gasteiger partial charge is 0.467 e. The molecule has 1 fully saturated rings. The molecule has 1 aliphatic heterocycles. The average Bonchev–Trinajstić information content (AvgIpc) is 3.09. The van der Waals surface area contributed by atoms with Crippen LogP contribution >= 0.6 is 0 Å². The van der Waals surface area contributed by atoms with Crippen molar-refractivity contribution in [2.75, 3.05) is 26.2 Å². The predicted molar refractivity (Wildman–Crippen MR) is 102 cm³/mol. The van der Waals surface area contributed by atoms with Crippen LogP contribution in [0.4, 0.5) is 4.79 Å². The number of hydrogen-bond donors (Lipinski definition) is 2. The molecule has 0 aromatic carbocycles. The van der Waals surface area contributed by atoms with Crippen molar-refractivity contribution in [3.8, 4) is 0 Å². The van der Waals surface area contributed by atoms with Crippen LogP contribution in [-0.4, -0.2) is 48.7 Å². The van der Waals surface area contributed by atoms with Crippen LogP contribution < -0.4 is 10.6 Å². The number of ether oxygens (including phenoxy) is 1. The van der Waals surface area contributed by atoms with E-state index >= 15 is 0 Å². The molecule has 26 heavy (non-hydrogen) atoms. The van der Waals surface area contributed by atoms with Gasteiger partial charge in [-0.15, -0.1) is 0 Å². The third-order valence-electron chi connectivity index (χ3n) is 4.05. The van der Waals surface area contributed by atoms with Crippen LogP contribution in [0.15, 0.2) is 27.8 Å². The molecule has 2 N–H and O–H groups in total. The molecule has 0 spiro atoms. The summed E-state index contributed by atoms with van der Waals surface area (Å²) < 4.78 is 10.8. The molecule has 1 atom stereocenters. The Kier molecular flexibility index (Phi) is 7.36. The number of carbonyl (C=O) groups excluding carboxylic acids is 1. The van der Waals surface area contributed by atoms with Crippen molar-refractivity contribution in [2.45, 2.75) is 52.7 Å². The fourth-order valence-corrected chi connectivity index (χ4v) is 2.87. The summed E-state index contributed by atoms with van der Waals surface area (Å²) in [7, 11) is 0. The van der Waals surface area contributed by atoms with Gasteiger partial charge in [0, 0.05) is 26.2 Å². The lowest BCUT2D eigenvalue weighted by Gasteiger charge is -2.34. The molecule has 1 unspecified atom stereocenters. The highest BCUT2D eigenvalue weighted by atomic mass is 16.6. The topological polar surface area (TPSA) is 79.1 Å². The summed E-state index contributed by atoms with van der Waals surface area (Å²) in [6.07, 6.45) is 3.51. The number of aliphatic imine (C=N–C) groups is 1. The summed E-state index contributed by atoms with van der Waals surface area (Å²) in [6.45, 7) is 11.2. The van der Waals surface area contributed by atoms with E-state index < -0.39 is 5.60 Å². The number of nitrogens with zero attached hydrogens (tertiary/aromatic N) is 2. The molecule has 1 saturated heterocycles. The number of likely N-dealkylation sites (tertiary alicyclic amines) is 1. The lowest BCUT2D eigenvalue weighted by molar-refractivity contribution is 0.0168. The molecular weight excluding hydrogens is 332 g/mol. The van der Waals surface area contributed by atoms with Gasteiger partial charge < -0.3 is 24.7 Å². The summed E-state index contributed by atoms with van der Waals surface area (Å²) in [5, 5.41) is 6.62. The highest BCUT2D eigenvalue weighted by Crippen LogP contribution is 2.18. The summed E-state index contributed by atoms with van der Waals surface area (Å²) >= 11 is 0. The SMILES string of the molecule is CCNC(=NCc1ccco1)NCC1CCCN(C(=O)OC(C)(C)C)C1. The van der Waals surface area contributed by atoms with Gasteiger partial charge in [-0.2, -0.15) is 0 Å². The van der Waals surface area contributed by atoms with E-state index in [9.17, 15) is 4.79 Å². The monoisotopic (exact) mass is 364 g/mol. The minimum atomic E-state index is -0.459. The first kappa shape index (κ1) is 20.1. The molecule has 2 rings (SSSR count). The maximum Gasteiger partial charge on any atom is 0.410 e. The molecular formula is C19H32N4O3. The number of carbonyl (C=O) groups is 1. The molecule has 1 aliphatic rings. The number of guanidine groups is 1. The van der Waals surface area contributed by atoms with Gasteiger partial charge in [-0.25, -0.2) is 9.79 Å². The number of amides is 1. The van der Waals surface area contributed by atoms with Crippen LogP contribution in [0.2, 0.25) is 0 Å². The lowest BCUT2D eigenvalue weighted by Crippen LogP contribution is -2.47. The van der Waals surface area contributed by atoms with Crippen LogP contribution in [0.5, 0.6) is 0 Å². The molecule has 0 aliphatic carbocycles. The Labute approximate surface area is 156 Å². The number of rotatable bonds is 5. The smallest absolute Gasteiger partial charge is 0.410 e. The zero-order valence-electron chi connectivity index (χ0n) is 16.4. The molecule has 146 valence electrons. The lowest BCUT2D eigenvalue weighted by atomic mass is 9.98. The zero-order valence-corrected chi connectivity index (χ0v) is 16.4. The van der Waals surface area contributed by atoms with Crippen LogP contribution in [0, 0.1) is 5.92 Å². The quantitative estimate of drug-likeness (QED) is 0.620. The minimum absolute atomic E-state index is 0.222. The van der Waals surface area contributed by atoms with E-state index in [1.54, 1.807) is 6.26 Å². The van der Waals surface area contributed by atoms with E-state index in [0.29, 0.717) is 19.0 Å². The molecule has 1 aromatic rings. The van der Waals surface area contributed by atoms with E-state index in [-0.39, 0.29) is 6.09 Å². The predicted octanol–water partition coefficient (Wildman–Crippen LogP) is 2.98. The maximum atomic E-state index is 12.3. The standard InChI is InChI=1S/C19H32N4O3/c1-5-20-17(22-13-16-9-7-11-25-16)21-12-15-8-6-10-23(14-15)18(24)26-19(2,3)4/h7,9,11,15H,5-6,8,10,12-14H2,1-4H3,(H2,20,21,22). The van der Waals surface area contributed by atoms with E-state index in [2.05, 4.69) is 15.6 Å². The Balaban J connectivity index is 1.83. The van der Waals surface area contributed by atoms with Crippen LogP contribution in [-0.2, 0) is 11.3 Å². The van der Waals surface area contributed by atoms with Crippen LogP contribution in [0.3, 0.4) is 0 Å². The average molecular weight is 364 g/mol. The third kappa shape index (κ3) is 6.98. The zero-order chi connectivity index (χ0) is 19.0. The van der Waals surface area contributed by atoms with Crippen molar-refractivity contribution >= 4 is 12.1 Å². The molecule has 0 radical (unpaired) electrons. The minimum Gasteiger partial charge on any atom is -0.467 e. The highest BCUT2D eigenvalue weighted by Gasteiger charge is 2.27. The van der Waals surface area contributed by atoms with Gasteiger partial charge in [-0.3, -0.25) is 0 Å². The van der Waals surface area contributed by atoms with Gasteiger partial charge >= 0.3 is 6.09 Å². The first-order chi connectivity index (χ1) is 12.4. The van der Waals surface area contributed by atoms with Crippen molar-refractivity contribution in [1.29, 1.82) is 0 Å². The fourth-order valence-electron chi connectivity index (χ4n) is 2.87. The van der Waals surface area contributed by atoms with Crippen molar-refractivity contribution in [3.63, 3.8) is 0 Å². The van der Waals surface area contributed by atoms with Gasteiger partial charge in [0.25, 0.3) is 0 Å². The van der Waals surface area contributed by atoms with Gasteiger partial charge in [0.15, 0.2) is 5.96 Å². The number of furan rings is 1. The van der Waals surface area contributed by atoms with Crippen LogP contribution in [0.25, 0.3) is 0 Å². The fraction of sp³-hybridized carbons (Fsp3) is 0.684. The number of hydrogen-bond acceptors (Lipinski definition) is 4. The second kappa shape index (κ2) is 9.50. The Morgan fingerprint density at radius 1 is 1.42 bits per heavy atom. The van der Waals surface area contributed by atoms with Crippen molar-refractivity contribution in [2.24, 2.45) is 10.9 Å². The summed E-state index contributed by atoms with van der Waals surface area (Å²) in [4.78, 5) is 18.6. The molecule has 1 amide bonds. The normalized spacial score (nSPS) is 18.5. The summed E-state index contributed by atoms with van der Waals surface area (Å²) in [6, 6.07) is 3.77. The third-order valence-corrected chi connectivity index (χ3v) is 4.05. The van der Waals surface area contributed by atoms with Crippen LogP contribution in [0.1, 0.15) is 46.3 Å². The molecule has 0 saturated carbocycles. The second-order valence-corrected chi connectivity index (χ2v) is 7.59. The van der Waals surface area contributed by atoms with Gasteiger partial charge in [0.2, 0.25) is 0 Å². The molecule has 0 bridgehead atoms. The highest BCUT2D eigenvalue weighted by molar-refractivity contribution is 5.79. The van der Waals surface area contributed by atoms with Gasteiger partial charge in [0.05, 0.1) is 6.26 Å². The Morgan fingerprint density at radius 3 is 2.88 bits per heavy atom. The molecule has 7 heteroatoms. The van der Waals surface area contributed by atoms with Crippen molar-refractivity contribution in [3.05, 3.63) is 24.2 Å². The van der Waals surface area contributed by atoms with Gasteiger partial charge in [0.1, 0.15) is 17.9 Å². The Bertz CT molecular complexity index is 578. The van der Waals surface area contributed by atoms with E-state index in [0.717, 1.165) is 44.2 Å². The second-order valence-electron chi connectivity index (χ2n) is 7.59. The molecule has 1 aromatic heterocycles.